The van der Waals surface area contributed by atoms with Crippen molar-refractivity contribution < 1.29 is 9.59 Å². The second kappa shape index (κ2) is 7.67. The lowest BCUT2D eigenvalue weighted by atomic mass is 10.1. The molecule has 0 atom stereocenters. The molecule has 0 saturated heterocycles. The van der Waals surface area contributed by atoms with Crippen LogP contribution >= 0.6 is 0 Å². The van der Waals surface area contributed by atoms with E-state index in [4.69, 9.17) is 0 Å². The predicted molar refractivity (Wildman–Crippen MR) is 110 cm³/mol. The SMILES string of the molecule is Cn1c(=O)n(CCC(=O)NNC(=O)Cc2c[nH]c3ccccc23)c2ccccc21. The summed E-state index contributed by atoms with van der Waals surface area (Å²) in [6, 6.07) is 15.1. The maximum absolute atomic E-state index is 12.4. The third kappa shape index (κ3) is 3.64. The Labute approximate surface area is 166 Å². The highest BCUT2D eigenvalue weighted by Gasteiger charge is 2.13. The van der Waals surface area contributed by atoms with Crippen LogP contribution in [0.4, 0.5) is 0 Å². The Hall–Kier alpha value is -3.81. The highest BCUT2D eigenvalue weighted by molar-refractivity contribution is 5.89. The molecule has 0 aliphatic carbocycles. The van der Waals surface area contributed by atoms with E-state index < -0.39 is 0 Å². The summed E-state index contributed by atoms with van der Waals surface area (Å²) in [5, 5.41) is 0.976. The van der Waals surface area contributed by atoms with Crippen LogP contribution in [0, 0.1) is 0 Å². The molecule has 3 N–H and O–H groups in total. The zero-order chi connectivity index (χ0) is 20.4. The summed E-state index contributed by atoms with van der Waals surface area (Å²) in [4.78, 5) is 39.8. The summed E-state index contributed by atoms with van der Waals surface area (Å²) in [6.45, 7) is 0.227. The molecule has 4 aromatic rings. The summed E-state index contributed by atoms with van der Waals surface area (Å²) in [7, 11) is 1.70. The van der Waals surface area contributed by atoms with Crippen molar-refractivity contribution in [2.45, 2.75) is 19.4 Å². The van der Waals surface area contributed by atoms with Gasteiger partial charge in [0.25, 0.3) is 0 Å². The van der Waals surface area contributed by atoms with E-state index in [1.165, 1.54) is 0 Å². The van der Waals surface area contributed by atoms with E-state index in [-0.39, 0.29) is 36.9 Å². The fourth-order valence-electron chi connectivity index (χ4n) is 3.49. The van der Waals surface area contributed by atoms with Gasteiger partial charge < -0.3 is 4.98 Å². The number of carbonyl (C=O) groups excluding carboxylic acids is 2. The van der Waals surface area contributed by atoms with Crippen molar-refractivity contribution in [1.82, 2.24) is 25.0 Å². The highest BCUT2D eigenvalue weighted by Crippen LogP contribution is 2.17. The van der Waals surface area contributed by atoms with Crippen LogP contribution in [-0.4, -0.2) is 25.9 Å². The number of hydrazine groups is 1. The first-order chi connectivity index (χ1) is 14.0. The van der Waals surface area contributed by atoms with Gasteiger partial charge in [-0.1, -0.05) is 30.3 Å². The van der Waals surface area contributed by atoms with E-state index in [0.717, 1.165) is 27.5 Å². The molecule has 0 spiro atoms. The van der Waals surface area contributed by atoms with Gasteiger partial charge in [0, 0.05) is 37.1 Å². The number of rotatable bonds is 5. The molecule has 0 unspecified atom stereocenters. The van der Waals surface area contributed by atoms with E-state index in [1.54, 1.807) is 22.4 Å². The molecule has 0 radical (unpaired) electrons. The summed E-state index contributed by atoms with van der Waals surface area (Å²) in [6.07, 6.45) is 2.01. The first-order valence-corrected chi connectivity index (χ1v) is 9.31. The van der Waals surface area contributed by atoms with Crippen molar-refractivity contribution in [2.75, 3.05) is 0 Å². The van der Waals surface area contributed by atoms with Crippen molar-refractivity contribution in [1.29, 1.82) is 0 Å². The van der Waals surface area contributed by atoms with E-state index >= 15 is 0 Å². The Balaban J connectivity index is 1.33. The second-order valence-electron chi connectivity index (χ2n) is 6.86. The zero-order valence-electron chi connectivity index (χ0n) is 15.9. The Morgan fingerprint density at radius 3 is 2.48 bits per heavy atom. The number of benzene rings is 2. The number of amides is 2. The number of aromatic amines is 1. The molecule has 0 fully saturated rings. The van der Waals surface area contributed by atoms with E-state index in [0.29, 0.717) is 0 Å². The number of hydrogen-bond donors (Lipinski definition) is 3. The third-order valence-electron chi connectivity index (χ3n) is 4.98. The van der Waals surface area contributed by atoms with Gasteiger partial charge >= 0.3 is 5.69 Å². The van der Waals surface area contributed by atoms with Crippen LogP contribution in [0.5, 0.6) is 0 Å². The Kier molecular flexibility index (Phi) is 4.90. The summed E-state index contributed by atoms with van der Waals surface area (Å²) in [5.41, 5.74) is 8.07. The van der Waals surface area contributed by atoms with Gasteiger partial charge in [0.1, 0.15) is 0 Å². The molecule has 2 aromatic carbocycles. The van der Waals surface area contributed by atoms with Crippen molar-refractivity contribution in [3.8, 4) is 0 Å². The molecule has 29 heavy (non-hydrogen) atoms. The van der Waals surface area contributed by atoms with Gasteiger partial charge in [0.15, 0.2) is 0 Å². The average molecular weight is 391 g/mol. The Morgan fingerprint density at radius 1 is 0.966 bits per heavy atom. The molecule has 4 rings (SSSR count). The number of H-pyrrole nitrogens is 1. The fraction of sp³-hybridized carbons (Fsp3) is 0.190. The molecule has 8 nitrogen and oxygen atoms in total. The minimum atomic E-state index is -0.364. The van der Waals surface area contributed by atoms with Crippen molar-refractivity contribution in [3.63, 3.8) is 0 Å². The summed E-state index contributed by atoms with van der Waals surface area (Å²) in [5.74, 6) is -0.678. The number of imidazole rings is 1. The molecular weight excluding hydrogens is 370 g/mol. The van der Waals surface area contributed by atoms with Crippen LogP contribution in [-0.2, 0) is 29.6 Å². The van der Waals surface area contributed by atoms with Crippen molar-refractivity contribution in [2.24, 2.45) is 7.05 Å². The van der Waals surface area contributed by atoms with E-state index in [1.807, 2.05) is 48.5 Å². The van der Waals surface area contributed by atoms with Gasteiger partial charge in [-0.05, 0) is 23.8 Å². The Bertz CT molecular complexity index is 1260. The molecule has 0 aliphatic rings. The number of hydrogen-bond acceptors (Lipinski definition) is 3. The molecule has 0 saturated carbocycles. The number of nitrogens with one attached hydrogen (secondary N) is 3. The first-order valence-electron chi connectivity index (χ1n) is 9.31. The standard InChI is InChI=1S/C21H21N5O3/c1-25-17-8-4-5-9-18(17)26(21(25)29)11-10-19(27)23-24-20(28)12-14-13-22-16-7-3-2-6-15(14)16/h2-9,13,22H,10-12H2,1H3,(H,23,27)(H,24,28). The van der Waals surface area contributed by atoms with Gasteiger partial charge in [0.2, 0.25) is 11.8 Å². The van der Waals surface area contributed by atoms with Crippen LogP contribution in [0.15, 0.2) is 59.5 Å². The molecule has 148 valence electrons. The zero-order valence-corrected chi connectivity index (χ0v) is 15.9. The Morgan fingerprint density at radius 2 is 1.66 bits per heavy atom. The van der Waals surface area contributed by atoms with Gasteiger partial charge in [-0.2, -0.15) is 0 Å². The summed E-state index contributed by atoms with van der Waals surface area (Å²) >= 11 is 0. The van der Waals surface area contributed by atoms with Crippen LogP contribution in [0.1, 0.15) is 12.0 Å². The number of nitrogens with zero attached hydrogens (tertiary/aromatic N) is 2. The number of aryl methyl sites for hydroxylation is 2. The number of aromatic nitrogens is 3. The lowest BCUT2D eigenvalue weighted by Gasteiger charge is -2.08. The van der Waals surface area contributed by atoms with E-state index in [9.17, 15) is 14.4 Å². The minimum absolute atomic E-state index is 0.0707. The summed E-state index contributed by atoms with van der Waals surface area (Å²) < 4.78 is 3.11. The fourth-order valence-corrected chi connectivity index (χ4v) is 3.49. The largest absolute Gasteiger partial charge is 0.361 e. The third-order valence-corrected chi connectivity index (χ3v) is 4.98. The lowest BCUT2D eigenvalue weighted by Crippen LogP contribution is -2.42. The molecule has 0 aliphatic heterocycles. The average Bonchev–Trinajstić information content (AvgIpc) is 3.25. The van der Waals surface area contributed by atoms with Gasteiger partial charge in [-0.3, -0.25) is 29.6 Å². The number of fused-ring (bicyclic) bond motifs is 2. The van der Waals surface area contributed by atoms with Gasteiger partial charge in [0.05, 0.1) is 17.5 Å². The van der Waals surface area contributed by atoms with Gasteiger partial charge in [-0.25, -0.2) is 4.79 Å². The topological polar surface area (TPSA) is 101 Å². The number of carbonyl (C=O) groups is 2. The highest BCUT2D eigenvalue weighted by atomic mass is 16.2. The monoisotopic (exact) mass is 391 g/mol. The molecule has 2 heterocycles. The van der Waals surface area contributed by atoms with Crippen LogP contribution in [0.2, 0.25) is 0 Å². The minimum Gasteiger partial charge on any atom is -0.361 e. The first kappa shape index (κ1) is 18.5. The molecule has 0 bridgehead atoms. The number of para-hydroxylation sites is 3. The predicted octanol–water partition coefficient (Wildman–Crippen LogP) is 1.60. The second-order valence-corrected chi connectivity index (χ2v) is 6.86. The van der Waals surface area contributed by atoms with Crippen LogP contribution in [0.3, 0.4) is 0 Å². The van der Waals surface area contributed by atoms with Gasteiger partial charge in [-0.15, -0.1) is 0 Å². The maximum Gasteiger partial charge on any atom is 0.328 e. The normalized spacial score (nSPS) is 11.1. The molecule has 2 amide bonds. The lowest BCUT2D eigenvalue weighted by molar-refractivity contribution is -0.128. The van der Waals surface area contributed by atoms with E-state index in [2.05, 4.69) is 15.8 Å². The maximum atomic E-state index is 12.4. The van der Waals surface area contributed by atoms with Crippen LogP contribution in [0.25, 0.3) is 21.9 Å². The molecule has 8 heteroatoms. The molecule has 2 aromatic heterocycles. The molecular formula is C21H21N5O3. The van der Waals surface area contributed by atoms with Crippen molar-refractivity contribution >= 4 is 33.8 Å². The van der Waals surface area contributed by atoms with Crippen LogP contribution < -0.4 is 16.5 Å². The van der Waals surface area contributed by atoms with Crippen molar-refractivity contribution in [3.05, 3.63) is 70.8 Å². The smallest absolute Gasteiger partial charge is 0.328 e. The quantitative estimate of drug-likeness (QED) is 0.451.